The Morgan fingerprint density at radius 2 is 2.57 bits per heavy atom. The van der Waals surface area contributed by atoms with Crippen molar-refractivity contribution in [2.75, 3.05) is 13.7 Å². The van der Waals surface area contributed by atoms with Crippen LogP contribution in [0.5, 0.6) is 0 Å². The van der Waals surface area contributed by atoms with Gasteiger partial charge in [-0.2, -0.15) is 0 Å². The number of hydrogen-bond acceptors (Lipinski definition) is 3. The van der Waals surface area contributed by atoms with Gasteiger partial charge in [-0.05, 0) is 0 Å². The van der Waals surface area contributed by atoms with Gasteiger partial charge in [0.25, 0.3) is 0 Å². The van der Waals surface area contributed by atoms with Gasteiger partial charge < -0.3 is 4.74 Å². The lowest BCUT2D eigenvalue weighted by Gasteiger charge is -1.90. The second-order valence-corrected chi connectivity index (χ2v) is 0.887. The van der Waals surface area contributed by atoms with Crippen LogP contribution in [-0.2, 0) is 9.53 Å². The molecule has 0 rings (SSSR count). The molecule has 1 N–H and O–H groups in total. The zero-order valence-corrected chi connectivity index (χ0v) is 3.90. The Labute approximate surface area is 40.4 Å². The van der Waals surface area contributed by atoms with Gasteiger partial charge in [0.05, 0.1) is 7.11 Å². The van der Waals surface area contributed by atoms with E-state index in [0.717, 1.165) is 5.54 Å². The third-order valence-electron chi connectivity index (χ3n) is 0.439. The smallest absolute Gasteiger partial charge is 0.322 e. The maximum Gasteiger partial charge on any atom is 0.322 e. The minimum absolute atomic E-state index is 0.378. The van der Waals surface area contributed by atoms with Gasteiger partial charge in [-0.25, -0.2) is 0 Å². The average Bonchev–Trinajstić information content (AvgIpc) is 1.68. The van der Waals surface area contributed by atoms with Crippen molar-refractivity contribution in [3.8, 4) is 0 Å². The lowest BCUT2D eigenvalue weighted by molar-refractivity contribution is -0.140. The topological polar surface area (TPSA) is 38.3 Å². The number of halogens is 1. The predicted octanol–water partition coefficient (Wildman–Crippen LogP) is -0.366. The van der Waals surface area contributed by atoms with E-state index < -0.39 is 5.97 Å². The number of esters is 1. The number of hydrogen-bond donors (Lipinski definition) is 1. The Bertz CT molecular complexity index is 66.0. The molecule has 0 aliphatic rings. The monoisotopic (exact) mass is 107 g/mol. The summed E-state index contributed by atoms with van der Waals surface area (Å²) in [7, 11) is 1.19. The molecule has 0 radical (unpaired) electrons. The van der Waals surface area contributed by atoms with Crippen LogP contribution in [0, 0.1) is 0 Å². The van der Waals surface area contributed by atoms with E-state index in [1.165, 1.54) is 7.11 Å². The summed E-state index contributed by atoms with van der Waals surface area (Å²) in [5.41, 5.74) is 1.14. The second-order valence-electron chi connectivity index (χ2n) is 0.887. The van der Waals surface area contributed by atoms with Crippen LogP contribution in [-0.4, -0.2) is 19.6 Å². The van der Waals surface area contributed by atoms with Gasteiger partial charge in [-0.3, -0.25) is 4.79 Å². The molecule has 3 nitrogen and oxygen atoms in total. The predicted molar refractivity (Wildman–Crippen MR) is 21.1 cm³/mol. The van der Waals surface area contributed by atoms with E-state index in [-0.39, 0.29) is 6.54 Å². The van der Waals surface area contributed by atoms with Gasteiger partial charge >= 0.3 is 5.97 Å². The van der Waals surface area contributed by atoms with E-state index in [2.05, 4.69) is 4.74 Å². The highest BCUT2D eigenvalue weighted by atomic mass is 19.2. The molecule has 0 heterocycles. The van der Waals surface area contributed by atoms with E-state index in [4.69, 9.17) is 0 Å². The van der Waals surface area contributed by atoms with Crippen LogP contribution in [0.4, 0.5) is 4.48 Å². The fourth-order valence-electron chi connectivity index (χ4n) is 0.127. The number of methoxy groups -OCH3 is 1. The Hall–Kier alpha value is -0.640. The van der Waals surface area contributed by atoms with Crippen LogP contribution in [0.25, 0.3) is 0 Å². The zero-order valence-electron chi connectivity index (χ0n) is 3.90. The van der Waals surface area contributed by atoms with Crippen molar-refractivity contribution in [3.63, 3.8) is 0 Å². The summed E-state index contributed by atoms with van der Waals surface area (Å²) < 4.78 is 14.9. The van der Waals surface area contributed by atoms with Crippen LogP contribution < -0.4 is 5.54 Å². The molecular formula is C3H6FNO2. The van der Waals surface area contributed by atoms with Gasteiger partial charge in [-0.1, -0.05) is 0 Å². The fourth-order valence-corrected chi connectivity index (χ4v) is 0.127. The molecule has 0 aromatic heterocycles. The molecule has 0 atom stereocenters. The van der Waals surface area contributed by atoms with Crippen molar-refractivity contribution >= 4 is 5.97 Å². The third kappa shape index (κ3) is 3.18. The zero-order chi connectivity index (χ0) is 5.70. The number of rotatable bonds is 2. The highest BCUT2D eigenvalue weighted by Crippen LogP contribution is 1.66. The summed E-state index contributed by atoms with van der Waals surface area (Å²) >= 11 is 0. The molecule has 0 amide bonds. The normalized spacial score (nSPS) is 8.29. The Kier molecular flexibility index (Phi) is 3.22. The largest absolute Gasteiger partial charge is 0.468 e. The Balaban J connectivity index is 3.00. The third-order valence-corrected chi connectivity index (χ3v) is 0.439. The van der Waals surface area contributed by atoms with Crippen molar-refractivity contribution in [1.82, 2.24) is 5.54 Å². The van der Waals surface area contributed by atoms with E-state index >= 15 is 0 Å². The van der Waals surface area contributed by atoms with Crippen LogP contribution in [0.2, 0.25) is 0 Å². The minimum atomic E-state index is -0.609. The number of carbonyl (C=O) groups excluding carboxylic acids is 1. The number of nitrogens with one attached hydrogen (secondary N) is 1. The molecule has 0 aliphatic carbocycles. The molecule has 42 valence electrons. The molecule has 0 saturated heterocycles. The number of ether oxygens (including phenoxy) is 1. The molecule has 0 aliphatic heterocycles. The highest BCUT2D eigenvalue weighted by Gasteiger charge is 1.94. The quantitative estimate of drug-likeness (QED) is 0.386. The Morgan fingerprint density at radius 1 is 2.00 bits per heavy atom. The molecule has 0 saturated carbocycles. The van der Waals surface area contributed by atoms with E-state index in [1.54, 1.807) is 0 Å². The molecule has 4 heteroatoms. The molecule has 0 unspecified atom stereocenters. The summed E-state index contributed by atoms with van der Waals surface area (Å²) in [5.74, 6) is -0.609. The van der Waals surface area contributed by atoms with Crippen molar-refractivity contribution in [3.05, 3.63) is 0 Å². The van der Waals surface area contributed by atoms with Crippen LogP contribution in [0.1, 0.15) is 0 Å². The minimum Gasteiger partial charge on any atom is -0.468 e. The molecule has 0 spiro atoms. The van der Waals surface area contributed by atoms with E-state index in [9.17, 15) is 9.28 Å². The second kappa shape index (κ2) is 3.55. The van der Waals surface area contributed by atoms with Crippen LogP contribution >= 0.6 is 0 Å². The SMILES string of the molecule is COC(=O)CNF. The molecule has 0 aromatic carbocycles. The standard InChI is InChI=1S/C3H6FNO2/c1-7-3(6)2-5-4/h5H,2H2,1H3. The van der Waals surface area contributed by atoms with Crippen molar-refractivity contribution in [2.45, 2.75) is 0 Å². The molecule has 0 fully saturated rings. The van der Waals surface area contributed by atoms with Crippen molar-refractivity contribution in [2.24, 2.45) is 0 Å². The lowest BCUT2D eigenvalue weighted by atomic mass is 10.7. The molecule has 0 bridgehead atoms. The highest BCUT2D eigenvalue weighted by molar-refractivity contribution is 5.71. The first-order chi connectivity index (χ1) is 3.31. The average molecular weight is 107 g/mol. The first-order valence-electron chi connectivity index (χ1n) is 1.71. The molecule has 0 aromatic rings. The molecule has 7 heavy (non-hydrogen) atoms. The van der Waals surface area contributed by atoms with Crippen molar-refractivity contribution < 1.29 is 14.0 Å². The van der Waals surface area contributed by atoms with Crippen LogP contribution in [0.3, 0.4) is 0 Å². The van der Waals surface area contributed by atoms with Crippen molar-refractivity contribution in [1.29, 1.82) is 0 Å². The summed E-state index contributed by atoms with van der Waals surface area (Å²) in [5, 5.41) is 0. The van der Waals surface area contributed by atoms with Crippen LogP contribution in [0.15, 0.2) is 0 Å². The van der Waals surface area contributed by atoms with E-state index in [0.29, 0.717) is 0 Å². The van der Waals surface area contributed by atoms with Gasteiger partial charge in [0, 0.05) is 0 Å². The van der Waals surface area contributed by atoms with E-state index in [1.807, 2.05) is 0 Å². The summed E-state index contributed by atoms with van der Waals surface area (Å²) in [6, 6.07) is 0. The first-order valence-corrected chi connectivity index (χ1v) is 1.71. The number of carbonyl (C=O) groups is 1. The summed E-state index contributed by atoms with van der Waals surface area (Å²) in [6.07, 6.45) is 0. The maximum atomic E-state index is 10.9. The first kappa shape index (κ1) is 6.36. The summed E-state index contributed by atoms with van der Waals surface area (Å²) in [6.45, 7) is -0.378. The van der Waals surface area contributed by atoms with Gasteiger partial charge in [0.1, 0.15) is 6.54 Å². The van der Waals surface area contributed by atoms with Gasteiger partial charge in [-0.15, -0.1) is 10.0 Å². The summed E-state index contributed by atoms with van der Waals surface area (Å²) in [4.78, 5) is 9.89. The molecular weight excluding hydrogens is 101 g/mol. The Morgan fingerprint density at radius 3 is 2.71 bits per heavy atom. The lowest BCUT2D eigenvalue weighted by Crippen LogP contribution is -2.15. The fraction of sp³-hybridized carbons (Fsp3) is 0.667. The van der Waals surface area contributed by atoms with Gasteiger partial charge in [0.15, 0.2) is 0 Å². The van der Waals surface area contributed by atoms with Gasteiger partial charge in [0.2, 0.25) is 0 Å². The maximum absolute atomic E-state index is 10.9.